The second-order valence-corrected chi connectivity index (χ2v) is 4.12. The summed E-state index contributed by atoms with van der Waals surface area (Å²) >= 11 is 0. The van der Waals surface area contributed by atoms with E-state index < -0.39 is 0 Å². The van der Waals surface area contributed by atoms with Crippen molar-refractivity contribution < 1.29 is 5.11 Å². The Morgan fingerprint density at radius 2 is 2.21 bits per heavy atom. The van der Waals surface area contributed by atoms with Gasteiger partial charge in [-0.25, -0.2) is 0 Å². The first-order chi connectivity index (χ1) is 6.72. The van der Waals surface area contributed by atoms with Crippen LogP contribution in [-0.2, 0) is 6.42 Å². The Labute approximate surface area is 85.1 Å². The highest BCUT2D eigenvalue weighted by Crippen LogP contribution is 2.39. The molecule has 0 saturated heterocycles. The molecule has 0 aliphatic heterocycles. The summed E-state index contributed by atoms with van der Waals surface area (Å²) in [5, 5.41) is 9.38. The minimum Gasteiger partial charge on any atom is -0.508 e. The third-order valence-corrected chi connectivity index (χ3v) is 3.04. The molecule has 1 aliphatic carbocycles. The molecule has 0 aromatic heterocycles. The van der Waals surface area contributed by atoms with E-state index >= 15 is 0 Å². The Morgan fingerprint density at radius 1 is 1.43 bits per heavy atom. The molecular weight excluding hydrogens is 172 g/mol. The monoisotopic (exact) mass is 188 g/mol. The number of fused-ring (bicyclic) bond motifs is 1. The van der Waals surface area contributed by atoms with E-state index in [-0.39, 0.29) is 0 Å². The van der Waals surface area contributed by atoms with E-state index in [2.05, 4.69) is 32.1 Å². The molecular formula is C13H16O. The van der Waals surface area contributed by atoms with Gasteiger partial charge in [0.2, 0.25) is 0 Å². The van der Waals surface area contributed by atoms with Crippen molar-refractivity contribution in [1.82, 2.24) is 0 Å². The molecule has 0 unspecified atom stereocenters. The fourth-order valence-electron chi connectivity index (χ4n) is 2.38. The van der Waals surface area contributed by atoms with Crippen molar-refractivity contribution in [1.29, 1.82) is 0 Å². The van der Waals surface area contributed by atoms with Gasteiger partial charge >= 0.3 is 0 Å². The molecule has 2 atom stereocenters. The van der Waals surface area contributed by atoms with Gasteiger partial charge in [0.15, 0.2) is 0 Å². The molecule has 0 spiro atoms. The van der Waals surface area contributed by atoms with Gasteiger partial charge < -0.3 is 5.11 Å². The lowest BCUT2D eigenvalue weighted by Crippen LogP contribution is -1.99. The fraction of sp³-hybridized carbons (Fsp3) is 0.385. The van der Waals surface area contributed by atoms with E-state index in [1.807, 2.05) is 6.07 Å². The normalized spacial score (nSPS) is 25.6. The quantitative estimate of drug-likeness (QED) is 0.671. The first-order valence-electron chi connectivity index (χ1n) is 5.17. The number of rotatable bonds is 1. The molecule has 0 radical (unpaired) electrons. The Bertz CT molecular complexity index is 365. The summed E-state index contributed by atoms with van der Waals surface area (Å²) in [6.45, 7) is 4.33. The second kappa shape index (κ2) is 3.49. The standard InChI is InChI=1S/C13H16O/c1-3-4-12-9(2)7-10-8-11(14)5-6-13(10)12/h3-6,8-9,12,14H,7H2,1-2H3/b4-3+/t9-,12-/m1/s1. The summed E-state index contributed by atoms with van der Waals surface area (Å²) in [4.78, 5) is 0. The predicted molar refractivity (Wildman–Crippen MR) is 58.5 cm³/mol. The zero-order valence-corrected chi connectivity index (χ0v) is 8.70. The molecule has 1 aromatic rings. The van der Waals surface area contributed by atoms with E-state index in [4.69, 9.17) is 0 Å². The van der Waals surface area contributed by atoms with Crippen molar-refractivity contribution in [3.8, 4) is 5.75 Å². The van der Waals surface area contributed by atoms with E-state index in [9.17, 15) is 5.11 Å². The molecule has 1 nitrogen and oxygen atoms in total. The van der Waals surface area contributed by atoms with Crippen LogP contribution >= 0.6 is 0 Å². The molecule has 0 saturated carbocycles. The maximum atomic E-state index is 9.38. The van der Waals surface area contributed by atoms with Gasteiger partial charge in [-0.05, 0) is 42.5 Å². The van der Waals surface area contributed by atoms with Crippen molar-refractivity contribution >= 4 is 0 Å². The number of phenols is 1. The SMILES string of the molecule is C/C=C/[C@H]1c2ccc(O)cc2C[C@H]1C. The van der Waals surface area contributed by atoms with Crippen LogP contribution in [0.25, 0.3) is 0 Å². The Balaban J connectivity index is 2.42. The first-order valence-corrected chi connectivity index (χ1v) is 5.17. The van der Waals surface area contributed by atoms with Crippen molar-refractivity contribution in [3.63, 3.8) is 0 Å². The number of benzene rings is 1. The smallest absolute Gasteiger partial charge is 0.115 e. The van der Waals surface area contributed by atoms with Crippen molar-refractivity contribution in [2.45, 2.75) is 26.2 Å². The summed E-state index contributed by atoms with van der Waals surface area (Å²) in [7, 11) is 0. The molecule has 2 rings (SSSR count). The summed E-state index contributed by atoms with van der Waals surface area (Å²) in [6, 6.07) is 5.74. The van der Waals surface area contributed by atoms with E-state index in [1.165, 1.54) is 11.1 Å². The molecule has 0 bridgehead atoms. The van der Waals surface area contributed by atoms with Gasteiger partial charge in [-0.1, -0.05) is 25.1 Å². The van der Waals surface area contributed by atoms with Crippen molar-refractivity contribution in [2.24, 2.45) is 5.92 Å². The van der Waals surface area contributed by atoms with Crippen LogP contribution in [0.5, 0.6) is 5.75 Å². The van der Waals surface area contributed by atoms with Crippen LogP contribution in [0, 0.1) is 5.92 Å². The van der Waals surface area contributed by atoms with Crippen LogP contribution in [0.1, 0.15) is 30.9 Å². The number of hydrogen-bond donors (Lipinski definition) is 1. The Kier molecular flexibility index (Phi) is 2.32. The second-order valence-electron chi connectivity index (χ2n) is 4.12. The van der Waals surface area contributed by atoms with E-state index in [1.54, 1.807) is 6.07 Å². The maximum Gasteiger partial charge on any atom is 0.115 e. The Hall–Kier alpha value is -1.24. The summed E-state index contributed by atoms with van der Waals surface area (Å²) in [5.74, 6) is 1.58. The van der Waals surface area contributed by atoms with Gasteiger partial charge in [0.05, 0.1) is 0 Å². The van der Waals surface area contributed by atoms with E-state index in [0.717, 1.165) is 6.42 Å². The van der Waals surface area contributed by atoms with Crippen molar-refractivity contribution in [3.05, 3.63) is 41.5 Å². The summed E-state index contributed by atoms with van der Waals surface area (Å²) < 4.78 is 0. The van der Waals surface area contributed by atoms with Gasteiger partial charge in [-0.2, -0.15) is 0 Å². The van der Waals surface area contributed by atoms with Crippen molar-refractivity contribution in [2.75, 3.05) is 0 Å². The molecule has 1 aliphatic rings. The lowest BCUT2D eigenvalue weighted by molar-refractivity contribution is 0.474. The number of aromatic hydroxyl groups is 1. The van der Waals surface area contributed by atoms with Crippen LogP contribution < -0.4 is 0 Å². The zero-order chi connectivity index (χ0) is 10.1. The minimum atomic E-state index is 0.386. The molecule has 0 fully saturated rings. The van der Waals surface area contributed by atoms with Crippen LogP contribution in [0.4, 0.5) is 0 Å². The van der Waals surface area contributed by atoms with Crippen LogP contribution in [-0.4, -0.2) is 5.11 Å². The van der Waals surface area contributed by atoms with Gasteiger partial charge in [0, 0.05) is 5.92 Å². The van der Waals surface area contributed by atoms with E-state index in [0.29, 0.717) is 17.6 Å². The molecule has 0 amide bonds. The Morgan fingerprint density at radius 3 is 2.93 bits per heavy atom. The van der Waals surface area contributed by atoms with Crippen LogP contribution in [0.15, 0.2) is 30.4 Å². The number of allylic oxidation sites excluding steroid dienone is 2. The summed E-state index contributed by atoms with van der Waals surface area (Å²) in [5.41, 5.74) is 2.69. The lowest BCUT2D eigenvalue weighted by Gasteiger charge is -2.11. The largest absolute Gasteiger partial charge is 0.508 e. The third-order valence-electron chi connectivity index (χ3n) is 3.04. The topological polar surface area (TPSA) is 20.2 Å². The molecule has 0 heterocycles. The molecule has 74 valence electrons. The highest BCUT2D eigenvalue weighted by atomic mass is 16.3. The van der Waals surface area contributed by atoms with Crippen LogP contribution in [0.3, 0.4) is 0 Å². The highest BCUT2D eigenvalue weighted by molar-refractivity contribution is 5.43. The minimum absolute atomic E-state index is 0.386. The van der Waals surface area contributed by atoms with Gasteiger partial charge in [-0.15, -0.1) is 0 Å². The average Bonchev–Trinajstić information content (AvgIpc) is 2.43. The maximum absolute atomic E-state index is 9.38. The fourth-order valence-corrected chi connectivity index (χ4v) is 2.38. The predicted octanol–water partition coefficient (Wildman–Crippen LogP) is 3.24. The van der Waals surface area contributed by atoms with Gasteiger partial charge in [0.1, 0.15) is 5.75 Å². The first kappa shape index (κ1) is 9.32. The van der Waals surface area contributed by atoms with Crippen LogP contribution in [0.2, 0.25) is 0 Å². The van der Waals surface area contributed by atoms with Gasteiger partial charge in [0.25, 0.3) is 0 Å². The molecule has 1 heteroatoms. The number of hydrogen-bond acceptors (Lipinski definition) is 1. The van der Waals surface area contributed by atoms with Gasteiger partial charge in [-0.3, -0.25) is 0 Å². The molecule has 14 heavy (non-hydrogen) atoms. The summed E-state index contributed by atoms with van der Waals surface area (Å²) in [6.07, 6.45) is 5.45. The highest BCUT2D eigenvalue weighted by Gasteiger charge is 2.27. The third kappa shape index (κ3) is 1.43. The average molecular weight is 188 g/mol. The molecule has 1 aromatic carbocycles. The lowest BCUT2D eigenvalue weighted by atomic mass is 9.94. The number of phenolic OH excluding ortho intramolecular Hbond substituents is 1. The zero-order valence-electron chi connectivity index (χ0n) is 8.70. The molecule has 1 N–H and O–H groups in total.